The van der Waals surface area contributed by atoms with Crippen LogP contribution in [-0.4, -0.2) is 9.78 Å². The van der Waals surface area contributed by atoms with Crippen LogP contribution in [0.2, 0.25) is 0 Å². The summed E-state index contributed by atoms with van der Waals surface area (Å²) in [7, 11) is 0. The molecule has 4 fully saturated rings. The topological polar surface area (TPSA) is 43.8 Å². The minimum absolute atomic E-state index is 0.209. The van der Waals surface area contributed by atoms with Crippen LogP contribution < -0.4 is 5.73 Å². The maximum atomic E-state index is 6.71. The number of nitrogens with two attached hydrogens (primary N) is 1. The summed E-state index contributed by atoms with van der Waals surface area (Å²) in [5.41, 5.74) is 8.38. The molecular weight excluding hydrogens is 234 g/mol. The molecule has 3 nitrogen and oxygen atoms in total. The van der Waals surface area contributed by atoms with E-state index < -0.39 is 0 Å². The number of nitrogens with zero attached hydrogens (tertiary/aromatic N) is 2. The van der Waals surface area contributed by atoms with Gasteiger partial charge in [-0.15, -0.1) is 0 Å². The zero-order valence-electron chi connectivity index (χ0n) is 11.9. The molecule has 0 amide bonds. The lowest BCUT2D eigenvalue weighted by atomic mass is 9.47. The van der Waals surface area contributed by atoms with Gasteiger partial charge in [-0.25, -0.2) is 0 Å². The molecule has 0 radical (unpaired) electrons. The van der Waals surface area contributed by atoms with Gasteiger partial charge in [0.1, 0.15) is 0 Å². The number of hydrogen-bond acceptors (Lipinski definition) is 2. The van der Waals surface area contributed by atoms with Gasteiger partial charge in [0.05, 0.1) is 6.20 Å². The monoisotopic (exact) mass is 259 g/mol. The molecule has 1 atom stereocenters. The molecule has 104 valence electrons. The maximum absolute atomic E-state index is 6.71. The van der Waals surface area contributed by atoms with Gasteiger partial charge in [-0.1, -0.05) is 0 Å². The van der Waals surface area contributed by atoms with E-state index in [4.69, 9.17) is 5.73 Å². The first-order valence-corrected chi connectivity index (χ1v) is 7.96. The van der Waals surface area contributed by atoms with Crippen molar-refractivity contribution in [3.63, 3.8) is 0 Å². The van der Waals surface area contributed by atoms with Crippen molar-refractivity contribution in [1.29, 1.82) is 0 Å². The van der Waals surface area contributed by atoms with Crippen LogP contribution in [0.5, 0.6) is 0 Å². The van der Waals surface area contributed by atoms with E-state index in [1.54, 1.807) is 0 Å². The summed E-state index contributed by atoms with van der Waals surface area (Å²) in [6.45, 7) is 3.07. The van der Waals surface area contributed by atoms with Gasteiger partial charge in [0.15, 0.2) is 0 Å². The van der Waals surface area contributed by atoms with Crippen molar-refractivity contribution in [2.75, 3.05) is 0 Å². The van der Waals surface area contributed by atoms with Crippen molar-refractivity contribution in [1.82, 2.24) is 9.78 Å². The van der Waals surface area contributed by atoms with Gasteiger partial charge in [-0.05, 0) is 68.6 Å². The maximum Gasteiger partial charge on any atom is 0.0537 e. The molecule has 4 saturated carbocycles. The van der Waals surface area contributed by atoms with Gasteiger partial charge in [-0.3, -0.25) is 4.68 Å². The molecule has 5 rings (SSSR count). The molecule has 3 heteroatoms. The third-order valence-corrected chi connectivity index (χ3v) is 6.08. The first kappa shape index (κ1) is 12.0. The molecule has 0 aromatic carbocycles. The highest BCUT2D eigenvalue weighted by Crippen LogP contribution is 2.63. The summed E-state index contributed by atoms with van der Waals surface area (Å²) in [6.07, 6.45) is 12.8. The van der Waals surface area contributed by atoms with Crippen molar-refractivity contribution < 1.29 is 0 Å². The molecule has 0 aliphatic heterocycles. The van der Waals surface area contributed by atoms with Gasteiger partial charge < -0.3 is 5.73 Å². The van der Waals surface area contributed by atoms with E-state index in [1.807, 2.05) is 10.9 Å². The average molecular weight is 259 g/mol. The van der Waals surface area contributed by atoms with Crippen molar-refractivity contribution >= 4 is 0 Å². The van der Waals surface area contributed by atoms with Crippen LogP contribution in [0.4, 0.5) is 0 Å². The summed E-state index contributed by atoms with van der Waals surface area (Å²) in [5.74, 6) is 2.91. The molecule has 1 aromatic heterocycles. The van der Waals surface area contributed by atoms with Crippen molar-refractivity contribution in [3.8, 4) is 0 Å². The minimum atomic E-state index is 0.209. The first-order valence-electron chi connectivity index (χ1n) is 7.96. The quantitative estimate of drug-likeness (QED) is 0.906. The Labute approximate surface area is 115 Å². The second-order valence-corrected chi connectivity index (χ2v) is 7.39. The third-order valence-electron chi connectivity index (χ3n) is 6.08. The number of rotatable bonds is 3. The molecule has 4 aliphatic rings. The van der Waals surface area contributed by atoms with Crippen LogP contribution in [-0.2, 0) is 6.54 Å². The highest BCUT2D eigenvalue weighted by Gasteiger charge is 2.53. The SMILES string of the molecule is CCn1cc(C(N)C23CC4CC(CC(C4)C2)C3)cn1. The lowest BCUT2D eigenvalue weighted by Crippen LogP contribution is -2.50. The highest BCUT2D eigenvalue weighted by molar-refractivity contribution is 5.18. The van der Waals surface area contributed by atoms with E-state index in [0.717, 1.165) is 24.3 Å². The molecule has 0 saturated heterocycles. The fourth-order valence-corrected chi connectivity index (χ4v) is 5.63. The Balaban J connectivity index is 1.63. The molecule has 2 N–H and O–H groups in total. The Morgan fingerprint density at radius 1 is 1.26 bits per heavy atom. The predicted molar refractivity (Wildman–Crippen MR) is 75.4 cm³/mol. The minimum Gasteiger partial charge on any atom is -0.323 e. The van der Waals surface area contributed by atoms with E-state index in [-0.39, 0.29) is 6.04 Å². The zero-order valence-corrected chi connectivity index (χ0v) is 11.9. The number of aryl methyl sites for hydroxylation is 1. The normalized spacial score (nSPS) is 41.7. The second kappa shape index (κ2) is 4.08. The van der Waals surface area contributed by atoms with Crippen LogP contribution in [0, 0.1) is 23.2 Å². The Hall–Kier alpha value is -0.830. The molecule has 0 spiro atoms. The van der Waals surface area contributed by atoms with Crippen LogP contribution in [0.15, 0.2) is 12.4 Å². The Bertz CT molecular complexity index is 441. The molecule has 4 aliphatic carbocycles. The molecule has 1 aromatic rings. The fourth-order valence-electron chi connectivity index (χ4n) is 5.63. The van der Waals surface area contributed by atoms with Gasteiger partial charge in [0.25, 0.3) is 0 Å². The standard InChI is InChI=1S/C16H25N3/c1-2-19-10-14(9-18-19)15(17)16-6-11-3-12(7-16)5-13(4-11)8-16/h9-13,15H,2-8,17H2,1H3. The summed E-state index contributed by atoms with van der Waals surface area (Å²) < 4.78 is 2.01. The largest absolute Gasteiger partial charge is 0.323 e. The number of aromatic nitrogens is 2. The molecule has 19 heavy (non-hydrogen) atoms. The molecule has 1 heterocycles. The predicted octanol–water partition coefficient (Wildman–Crippen LogP) is 3.12. The molecule has 4 bridgehead atoms. The van der Waals surface area contributed by atoms with Crippen LogP contribution in [0.25, 0.3) is 0 Å². The van der Waals surface area contributed by atoms with E-state index in [9.17, 15) is 0 Å². The van der Waals surface area contributed by atoms with E-state index in [1.165, 1.54) is 44.1 Å². The van der Waals surface area contributed by atoms with Crippen molar-refractivity contribution in [2.24, 2.45) is 28.9 Å². The Kier molecular flexibility index (Phi) is 2.57. The summed E-state index contributed by atoms with van der Waals surface area (Å²) in [4.78, 5) is 0. The average Bonchev–Trinajstić information content (AvgIpc) is 2.84. The van der Waals surface area contributed by atoms with E-state index >= 15 is 0 Å². The Morgan fingerprint density at radius 3 is 2.32 bits per heavy atom. The Morgan fingerprint density at radius 2 is 1.84 bits per heavy atom. The summed E-state index contributed by atoms with van der Waals surface area (Å²) in [5, 5.41) is 4.42. The summed E-state index contributed by atoms with van der Waals surface area (Å²) >= 11 is 0. The van der Waals surface area contributed by atoms with Crippen LogP contribution in [0.1, 0.15) is 57.1 Å². The fraction of sp³-hybridized carbons (Fsp3) is 0.812. The lowest BCUT2D eigenvalue weighted by Gasteiger charge is -2.58. The van der Waals surface area contributed by atoms with Gasteiger partial charge in [-0.2, -0.15) is 5.10 Å². The zero-order chi connectivity index (χ0) is 13.0. The van der Waals surface area contributed by atoms with E-state index in [2.05, 4.69) is 18.2 Å². The van der Waals surface area contributed by atoms with Crippen molar-refractivity contribution in [3.05, 3.63) is 18.0 Å². The smallest absolute Gasteiger partial charge is 0.0537 e. The third kappa shape index (κ3) is 1.78. The van der Waals surface area contributed by atoms with Gasteiger partial charge in [0, 0.05) is 24.3 Å². The van der Waals surface area contributed by atoms with Crippen LogP contribution in [0.3, 0.4) is 0 Å². The van der Waals surface area contributed by atoms with Crippen molar-refractivity contribution in [2.45, 2.75) is 58.0 Å². The van der Waals surface area contributed by atoms with Gasteiger partial charge >= 0.3 is 0 Å². The van der Waals surface area contributed by atoms with Gasteiger partial charge in [0.2, 0.25) is 0 Å². The summed E-state index contributed by atoms with van der Waals surface area (Å²) in [6, 6.07) is 0.209. The number of hydrogen-bond donors (Lipinski definition) is 1. The van der Waals surface area contributed by atoms with Crippen LogP contribution >= 0.6 is 0 Å². The second-order valence-electron chi connectivity index (χ2n) is 7.39. The lowest BCUT2D eigenvalue weighted by molar-refractivity contribution is -0.0677. The molecule has 1 unspecified atom stereocenters. The molecular formula is C16H25N3. The van der Waals surface area contributed by atoms with E-state index in [0.29, 0.717) is 5.41 Å². The highest BCUT2D eigenvalue weighted by atomic mass is 15.3. The first-order chi connectivity index (χ1) is 9.18.